The second-order valence-electron chi connectivity index (χ2n) is 18.8. The van der Waals surface area contributed by atoms with Gasteiger partial charge in [-0.3, -0.25) is 14.4 Å². The summed E-state index contributed by atoms with van der Waals surface area (Å²) in [5, 5.41) is 26.7. The number of esters is 1. The van der Waals surface area contributed by atoms with Gasteiger partial charge in [0.2, 0.25) is 5.91 Å². The number of para-hydroxylation sites is 1. The van der Waals surface area contributed by atoms with E-state index in [2.05, 4.69) is 5.32 Å². The van der Waals surface area contributed by atoms with E-state index in [4.69, 9.17) is 29.4 Å². The van der Waals surface area contributed by atoms with Crippen LogP contribution in [0.15, 0.2) is 121 Å². The maximum atomic E-state index is 15.7. The summed E-state index contributed by atoms with van der Waals surface area (Å²) in [4.78, 5) is 58.6. The van der Waals surface area contributed by atoms with E-state index in [1.807, 2.05) is 72.8 Å². The van der Waals surface area contributed by atoms with Crippen LogP contribution >= 0.6 is 0 Å². The van der Waals surface area contributed by atoms with E-state index in [-0.39, 0.29) is 83.2 Å². The third-order valence-electron chi connectivity index (χ3n) is 12.8. The molecule has 2 aliphatic heterocycles. The highest BCUT2D eigenvalue weighted by molar-refractivity contribution is 6.16. The van der Waals surface area contributed by atoms with Gasteiger partial charge in [-0.2, -0.15) is 0 Å². The van der Waals surface area contributed by atoms with E-state index in [9.17, 15) is 19.8 Å². The highest BCUT2D eigenvalue weighted by atomic mass is 16.6. The number of Topliss-reactive ketones (excluding diaryl/α,β-unsaturated/α-hetero) is 2. The Labute approximate surface area is 401 Å². The third kappa shape index (κ3) is 8.14. The Morgan fingerprint density at radius 2 is 1.41 bits per heavy atom. The fraction of sp³-hybridized carbons (Fsp3) is 0.286. The minimum atomic E-state index is -1.98. The monoisotopic (exact) mass is 932 g/mol. The van der Waals surface area contributed by atoms with Crippen LogP contribution in [-0.2, 0) is 31.9 Å². The number of benzene rings is 6. The molecule has 0 saturated heterocycles. The molecular weight excluding hydrogens is 877 g/mol. The third-order valence-corrected chi connectivity index (χ3v) is 12.8. The van der Waals surface area contributed by atoms with Crippen molar-refractivity contribution in [2.24, 2.45) is 16.6 Å². The average molecular weight is 933 g/mol. The molecule has 5 N–H and O–H groups in total. The van der Waals surface area contributed by atoms with Crippen LogP contribution in [0, 0.1) is 10.8 Å². The molecule has 0 aliphatic carbocycles. The van der Waals surface area contributed by atoms with Gasteiger partial charge in [-0.1, -0.05) is 126 Å². The molecule has 0 radical (unpaired) electrons. The summed E-state index contributed by atoms with van der Waals surface area (Å²) in [7, 11) is 3.10. The largest absolute Gasteiger partial charge is 0.508 e. The fourth-order valence-electron chi connectivity index (χ4n) is 9.64. The molecule has 6 aromatic carbocycles. The van der Waals surface area contributed by atoms with Gasteiger partial charge >= 0.3 is 5.97 Å². The number of hydrogen-bond donors (Lipinski definition) is 4. The number of rotatable bonds is 16. The van der Waals surface area contributed by atoms with Crippen LogP contribution in [0.5, 0.6) is 34.5 Å². The number of hydrogen-bond acceptors (Lipinski definition) is 12. The Balaban J connectivity index is 1.44. The van der Waals surface area contributed by atoms with Crippen LogP contribution in [0.1, 0.15) is 111 Å². The summed E-state index contributed by atoms with van der Waals surface area (Å²) >= 11 is 0. The molecule has 0 bridgehead atoms. The standard InChI is InChI=1S/C56H56N2O11/c1-53(2,3)50(62)45-44(51(63)54(4,5)32-43(60)58-29-28-57)46-48(68-42-31-35(59)25-26-39(42)56(46)38-22-15-14-21-36(38)52(64)69-56)37(47(45)61)27-30-67-55(33-17-10-8-11-18-33,34-19-12-9-13-20-34)40-23-16-24-41(65-6)49(40)66-7/h8-26,31,59,61H,27-30,32,57H2,1-7H3,(H,58,60). The van der Waals surface area contributed by atoms with Crippen molar-refractivity contribution < 1.29 is 53.1 Å². The zero-order valence-electron chi connectivity index (χ0n) is 39.7. The highest BCUT2D eigenvalue weighted by Gasteiger charge is 2.58. The van der Waals surface area contributed by atoms with E-state index < -0.39 is 51.2 Å². The Kier molecular flexibility index (Phi) is 12.9. The molecule has 1 unspecified atom stereocenters. The van der Waals surface area contributed by atoms with Crippen molar-refractivity contribution in [3.63, 3.8) is 0 Å². The summed E-state index contributed by atoms with van der Waals surface area (Å²) in [5.74, 6) is -2.40. The second-order valence-corrected chi connectivity index (χ2v) is 18.8. The summed E-state index contributed by atoms with van der Waals surface area (Å²) in [5.41, 5.74) is 1.82. The van der Waals surface area contributed by atoms with Crippen LogP contribution in [0.25, 0.3) is 0 Å². The van der Waals surface area contributed by atoms with Gasteiger partial charge in [0.05, 0.1) is 37.5 Å². The molecule has 69 heavy (non-hydrogen) atoms. The molecule has 1 amide bonds. The van der Waals surface area contributed by atoms with Crippen LogP contribution in [-0.4, -0.2) is 67.6 Å². The molecule has 1 atom stereocenters. The first-order valence-corrected chi connectivity index (χ1v) is 22.8. The number of fused-ring (bicyclic) bond motifs is 6. The number of ketones is 2. The van der Waals surface area contributed by atoms with Crippen molar-refractivity contribution in [3.8, 4) is 34.5 Å². The number of carbonyl (C=O) groups is 4. The van der Waals surface area contributed by atoms with Crippen LogP contribution in [0.3, 0.4) is 0 Å². The topological polar surface area (TPSA) is 193 Å². The Hall–Kier alpha value is -7.48. The van der Waals surface area contributed by atoms with Crippen molar-refractivity contribution in [2.45, 2.75) is 58.7 Å². The lowest BCUT2D eigenvalue weighted by atomic mass is 9.68. The second kappa shape index (κ2) is 18.5. The van der Waals surface area contributed by atoms with Crippen LogP contribution in [0.2, 0.25) is 0 Å². The molecule has 6 aromatic rings. The molecule has 2 aliphatic rings. The van der Waals surface area contributed by atoms with Crippen LogP contribution in [0.4, 0.5) is 0 Å². The lowest BCUT2D eigenvalue weighted by Gasteiger charge is -2.41. The maximum absolute atomic E-state index is 15.7. The molecule has 0 saturated carbocycles. The van der Waals surface area contributed by atoms with Crippen molar-refractivity contribution in [1.82, 2.24) is 5.32 Å². The zero-order valence-corrected chi connectivity index (χ0v) is 39.7. The summed E-state index contributed by atoms with van der Waals surface area (Å²) in [6, 6.07) is 35.7. The summed E-state index contributed by atoms with van der Waals surface area (Å²) < 4.78 is 32.6. The number of phenolic OH excluding ortho intramolecular Hbond substituents is 2. The van der Waals surface area contributed by atoms with Crippen molar-refractivity contribution in [2.75, 3.05) is 33.9 Å². The quantitative estimate of drug-likeness (QED) is 0.0409. The van der Waals surface area contributed by atoms with E-state index in [1.54, 1.807) is 85.2 Å². The number of methoxy groups -OCH3 is 2. The fourth-order valence-corrected chi connectivity index (χ4v) is 9.64. The zero-order chi connectivity index (χ0) is 49.5. The summed E-state index contributed by atoms with van der Waals surface area (Å²) in [6.07, 6.45) is -0.491. The molecule has 13 heteroatoms. The van der Waals surface area contributed by atoms with Gasteiger partial charge in [0.15, 0.2) is 28.7 Å². The normalized spacial score (nSPS) is 15.0. The number of nitrogens with one attached hydrogen (secondary N) is 1. The molecule has 8 rings (SSSR count). The van der Waals surface area contributed by atoms with Crippen molar-refractivity contribution in [1.29, 1.82) is 0 Å². The van der Waals surface area contributed by atoms with Crippen molar-refractivity contribution in [3.05, 3.63) is 177 Å². The Bertz CT molecular complexity index is 2940. The van der Waals surface area contributed by atoms with E-state index in [0.717, 1.165) is 11.1 Å². The average Bonchev–Trinajstić information content (AvgIpc) is 3.63. The predicted molar refractivity (Wildman–Crippen MR) is 259 cm³/mol. The summed E-state index contributed by atoms with van der Waals surface area (Å²) in [6.45, 7) is 8.31. The lowest BCUT2D eigenvalue weighted by molar-refractivity contribution is -0.122. The lowest BCUT2D eigenvalue weighted by Crippen LogP contribution is -2.41. The molecular formula is C56H56N2O11. The van der Waals surface area contributed by atoms with Gasteiger partial charge < -0.3 is 44.9 Å². The number of carbonyl (C=O) groups excluding carboxylic acids is 4. The smallest absolute Gasteiger partial charge is 0.340 e. The van der Waals surface area contributed by atoms with Crippen LogP contribution < -0.4 is 25.3 Å². The molecule has 1 spiro atoms. The number of amides is 1. The predicted octanol–water partition coefficient (Wildman–Crippen LogP) is 9.14. The molecule has 2 heterocycles. The first-order chi connectivity index (χ1) is 33.0. The molecule has 356 valence electrons. The Morgan fingerprint density at radius 1 is 0.754 bits per heavy atom. The molecule has 0 aromatic heterocycles. The molecule has 13 nitrogen and oxygen atoms in total. The Morgan fingerprint density at radius 3 is 2.03 bits per heavy atom. The van der Waals surface area contributed by atoms with Gasteiger partial charge in [-0.05, 0) is 35.4 Å². The molecule has 0 fully saturated rings. The van der Waals surface area contributed by atoms with Gasteiger partial charge in [0.25, 0.3) is 0 Å². The minimum absolute atomic E-state index is 0.0216. The number of nitrogens with two attached hydrogens (primary N) is 1. The number of ether oxygens (including phenoxy) is 5. The van der Waals surface area contributed by atoms with E-state index in [1.165, 1.54) is 12.1 Å². The van der Waals surface area contributed by atoms with Crippen molar-refractivity contribution >= 4 is 23.4 Å². The first-order valence-electron chi connectivity index (χ1n) is 22.8. The highest BCUT2D eigenvalue weighted by Crippen LogP contribution is 2.61. The van der Waals surface area contributed by atoms with Gasteiger partial charge in [0.1, 0.15) is 28.6 Å². The van der Waals surface area contributed by atoms with E-state index in [0.29, 0.717) is 22.6 Å². The van der Waals surface area contributed by atoms with E-state index >= 15 is 9.59 Å². The maximum Gasteiger partial charge on any atom is 0.340 e. The SMILES string of the molecule is COc1cccc(C(OCCc2c(O)c(C(=O)C(C)(C)C)c(C(=O)C(C)(C)CC(=O)NCCN)c3c2Oc2cc(O)ccc2C32OC(=O)c3ccccc32)(c2ccccc2)c2ccccc2)c1OC. The number of phenols is 2. The number of aromatic hydroxyl groups is 2. The van der Waals surface area contributed by atoms with Gasteiger partial charge in [0, 0.05) is 70.6 Å². The first kappa shape index (κ1) is 48.0. The minimum Gasteiger partial charge on any atom is -0.508 e. The van der Waals surface area contributed by atoms with Gasteiger partial charge in [-0.15, -0.1) is 0 Å². The van der Waals surface area contributed by atoms with Gasteiger partial charge in [-0.25, -0.2) is 4.79 Å².